The van der Waals surface area contributed by atoms with Crippen molar-refractivity contribution in [1.29, 1.82) is 0 Å². The van der Waals surface area contributed by atoms with Gasteiger partial charge in [-0.25, -0.2) is 0 Å². The second-order valence-corrected chi connectivity index (χ2v) is 8.51. The third-order valence-corrected chi connectivity index (χ3v) is 6.18. The summed E-state index contributed by atoms with van der Waals surface area (Å²) >= 11 is 1.45. The lowest BCUT2D eigenvalue weighted by Crippen LogP contribution is -2.35. The fraction of sp³-hybridized carbons (Fsp3) is 0.280. The summed E-state index contributed by atoms with van der Waals surface area (Å²) in [6.07, 6.45) is 3.95. The Labute approximate surface area is 186 Å². The number of ether oxygens (including phenoxy) is 1. The second-order valence-electron chi connectivity index (χ2n) is 7.56. The molecule has 4 rings (SSSR count). The largest absolute Gasteiger partial charge is 0.494 e. The van der Waals surface area contributed by atoms with Gasteiger partial charge >= 0.3 is 0 Å². The SMILES string of the molecule is CCCCOc1ccc(C(=O)Nc2ccc3c(c2)N(C(=O)c2cccs2)CCC3)cc1. The highest BCUT2D eigenvalue weighted by Crippen LogP contribution is 2.32. The Morgan fingerprint density at radius 1 is 1.13 bits per heavy atom. The Balaban J connectivity index is 1.48. The van der Waals surface area contributed by atoms with Crippen molar-refractivity contribution >= 4 is 34.5 Å². The van der Waals surface area contributed by atoms with Crippen LogP contribution in [0.25, 0.3) is 0 Å². The molecule has 2 heterocycles. The van der Waals surface area contributed by atoms with Gasteiger partial charge in [-0.05, 0) is 72.7 Å². The Morgan fingerprint density at radius 2 is 1.97 bits per heavy atom. The smallest absolute Gasteiger partial charge is 0.268 e. The van der Waals surface area contributed by atoms with Crippen LogP contribution in [0.15, 0.2) is 60.0 Å². The summed E-state index contributed by atoms with van der Waals surface area (Å²) in [5.41, 5.74) is 3.25. The van der Waals surface area contributed by atoms with Gasteiger partial charge in [0.1, 0.15) is 5.75 Å². The maximum atomic E-state index is 12.9. The van der Waals surface area contributed by atoms with Gasteiger partial charge in [-0.2, -0.15) is 0 Å². The highest BCUT2D eigenvalue weighted by molar-refractivity contribution is 7.12. The molecule has 0 spiro atoms. The Morgan fingerprint density at radius 3 is 2.71 bits per heavy atom. The molecular formula is C25H26N2O3S. The third-order valence-electron chi connectivity index (χ3n) is 5.32. The minimum Gasteiger partial charge on any atom is -0.494 e. The minimum atomic E-state index is -0.188. The molecule has 0 bridgehead atoms. The third kappa shape index (κ3) is 4.97. The van der Waals surface area contributed by atoms with Gasteiger partial charge in [0.25, 0.3) is 11.8 Å². The maximum Gasteiger partial charge on any atom is 0.268 e. The fourth-order valence-corrected chi connectivity index (χ4v) is 4.31. The van der Waals surface area contributed by atoms with Crippen molar-refractivity contribution in [2.45, 2.75) is 32.6 Å². The van der Waals surface area contributed by atoms with E-state index >= 15 is 0 Å². The van der Waals surface area contributed by atoms with Gasteiger partial charge in [-0.3, -0.25) is 9.59 Å². The lowest BCUT2D eigenvalue weighted by Gasteiger charge is -2.29. The van der Waals surface area contributed by atoms with Crippen molar-refractivity contribution in [3.05, 3.63) is 76.0 Å². The summed E-state index contributed by atoms with van der Waals surface area (Å²) in [7, 11) is 0. The van der Waals surface area contributed by atoms with E-state index in [-0.39, 0.29) is 11.8 Å². The fourth-order valence-electron chi connectivity index (χ4n) is 3.64. The van der Waals surface area contributed by atoms with Crippen LogP contribution in [0.4, 0.5) is 11.4 Å². The average molecular weight is 435 g/mol. The standard InChI is InChI=1S/C25H26N2O3S/c1-2-3-15-30-21-12-9-19(10-13-21)24(28)26-20-11-8-18-6-4-14-27(22(18)17-20)25(29)23-7-5-16-31-23/h5,7-13,16-17H,2-4,6,14-15H2,1H3,(H,26,28). The van der Waals surface area contributed by atoms with Gasteiger partial charge in [0.15, 0.2) is 0 Å². The molecule has 2 amide bonds. The zero-order valence-corrected chi connectivity index (χ0v) is 18.4. The molecule has 160 valence electrons. The number of nitrogens with one attached hydrogen (secondary N) is 1. The van der Waals surface area contributed by atoms with E-state index in [2.05, 4.69) is 12.2 Å². The predicted molar refractivity (Wildman–Crippen MR) is 126 cm³/mol. The summed E-state index contributed by atoms with van der Waals surface area (Å²) in [6.45, 7) is 3.48. The molecule has 0 fully saturated rings. The summed E-state index contributed by atoms with van der Waals surface area (Å²) in [5, 5.41) is 4.87. The van der Waals surface area contributed by atoms with E-state index in [1.807, 2.05) is 52.7 Å². The second kappa shape index (κ2) is 9.79. The molecule has 31 heavy (non-hydrogen) atoms. The summed E-state index contributed by atoms with van der Waals surface area (Å²) < 4.78 is 5.66. The predicted octanol–water partition coefficient (Wildman–Crippen LogP) is 5.77. The number of thiophene rings is 1. The zero-order chi connectivity index (χ0) is 21.6. The molecule has 5 nitrogen and oxygen atoms in total. The van der Waals surface area contributed by atoms with Crippen molar-refractivity contribution in [2.24, 2.45) is 0 Å². The first-order chi connectivity index (χ1) is 15.2. The molecule has 3 aromatic rings. The molecule has 6 heteroatoms. The number of aryl methyl sites for hydroxylation is 1. The summed E-state index contributed by atoms with van der Waals surface area (Å²) in [4.78, 5) is 28.2. The van der Waals surface area contributed by atoms with Crippen LogP contribution in [0.3, 0.4) is 0 Å². The number of carbonyl (C=O) groups excluding carboxylic acids is 2. The van der Waals surface area contributed by atoms with Gasteiger partial charge < -0.3 is 15.0 Å². The van der Waals surface area contributed by atoms with E-state index in [9.17, 15) is 9.59 Å². The number of unbranched alkanes of at least 4 members (excludes halogenated alkanes) is 1. The highest BCUT2D eigenvalue weighted by atomic mass is 32.1. The number of anilines is 2. The summed E-state index contributed by atoms with van der Waals surface area (Å²) in [5.74, 6) is 0.589. The molecule has 1 aromatic heterocycles. The van der Waals surface area contributed by atoms with Gasteiger partial charge in [0.05, 0.1) is 11.5 Å². The van der Waals surface area contributed by atoms with E-state index in [4.69, 9.17) is 4.74 Å². The first kappa shape index (κ1) is 21.1. The number of hydrogen-bond donors (Lipinski definition) is 1. The quantitative estimate of drug-likeness (QED) is 0.480. The normalized spacial score (nSPS) is 12.9. The van der Waals surface area contributed by atoms with Gasteiger partial charge in [-0.1, -0.05) is 25.5 Å². The van der Waals surface area contributed by atoms with Crippen LogP contribution in [0.5, 0.6) is 5.75 Å². The van der Waals surface area contributed by atoms with Crippen molar-refractivity contribution in [3.63, 3.8) is 0 Å². The first-order valence-corrected chi connectivity index (χ1v) is 11.6. The molecule has 1 aliphatic rings. The van der Waals surface area contributed by atoms with Crippen LogP contribution in [0, 0.1) is 0 Å². The minimum absolute atomic E-state index is 0.0121. The number of amides is 2. The molecule has 0 saturated carbocycles. The zero-order valence-electron chi connectivity index (χ0n) is 17.6. The van der Waals surface area contributed by atoms with E-state index in [0.29, 0.717) is 24.4 Å². The monoisotopic (exact) mass is 434 g/mol. The molecule has 2 aromatic carbocycles. The van der Waals surface area contributed by atoms with Crippen molar-refractivity contribution in [2.75, 3.05) is 23.4 Å². The molecule has 0 unspecified atom stereocenters. The molecular weight excluding hydrogens is 408 g/mol. The first-order valence-electron chi connectivity index (χ1n) is 10.7. The number of carbonyl (C=O) groups is 2. The number of hydrogen-bond acceptors (Lipinski definition) is 4. The molecule has 0 atom stereocenters. The number of benzene rings is 2. The van der Waals surface area contributed by atoms with E-state index in [0.717, 1.165) is 47.6 Å². The molecule has 1 aliphatic heterocycles. The molecule has 0 saturated heterocycles. The topological polar surface area (TPSA) is 58.6 Å². The molecule has 1 N–H and O–H groups in total. The van der Waals surface area contributed by atoms with Crippen LogP contribution in [-0.2, 0) is 6.42 Å². The number of rotatable bonds is 7. The maximum absolute atomic E-state index is 12.9. The van der Waals surface area contributed by atoms with Crippen LogP contribution in [0.2, 0.25) is 0 Å². The van der Waals surface area contributed by atoms with Crippen LogP contribution < -0.4 is 15.0 Å². The van der Waals surface area contributed by atoms with E-state index < -0.39 is 0 Å². The summed E-state index contributed by atoms with van der Waals surface area (Å²) in [6, 6.07) is 16.7. The highest BCUT2D eigenvalue weighted by Gasteiger charge is 2.24. The van der Waals surface area contributed by atoms with Crippen molar-refractivity contribution in [3.8, 4) is 5.75 Å². The van der Waals surface area contributed by atoms with Crippen LogP contribution in [-0.4, -0.2) is 25.0 Å². The van der Waals surface area contributed by atoms with Gasteiger partial charge in [0, 0.05) is 23.5 Å². The van der Waals surface area contributed by atoms with E-state index in [1.54, 1.807) is 12.1 Å². The number of nitrogens with zero attached hydrogens (tertiary/aromatic N) is 1. The lowest BCUT2D eigenvalue weighted by atomic mass is 10.0. The van der Waals surface area contributed by atoms with Crippen LogP contribution >= 0.6 is 11.3 Å². The van der Waals surface area contributed by atoms with E-state index in [1.165, 1.54) is 11.3 Å². The average Bonchev–Trinajstić information content (AvgIpc) is 3.34. The number of fused-ring (bicyclic) bond motifs is 1. The van der Waals surface area contributed by atoms with Crippen molar-refractivity contribution < 1.29 is 14.3 Å². The molecule has 0 radical (unpaired) electrons. The van der Waals surface area contributed by atoms with Crippen LogP contribution in [0.1, 0.15) is 51.8 Å². The van der Waals surface area contributed by atoms with Gasteiger partial charge in [0.2, 0.25) is 0 Å². The van der Waals surface area contributed by atoms with Gasteiger partial charge in [-0.15, -0.1) is 11.3 Å². The Kier molecular flexibility index (Phi) is 6.67. The lowest BCUT2D eigenvalue weighted by molar-refractivity contribution is 0.0987. The Bertz CT molecular complexity index is 1050. The Hall–Kier alpha value is -3.12. The van der Waals surface area contributed by atoms with Crippen molar-refractivity contribution in [1.82, 2.24) is 0 Å². The molecule has 0 aliphatic carbocycles.